The molecule has 1 fully saturated rings. The fraction of sp³-hybridized carbons (Fsp3) is 0.500. The summed E-state index contributed by atoms with van der Waals surface area (Å²) < 4.78 is 10.2. The molecule has 20 heavy (non-hydrogen) atoms. The molecule has 0 amide bonds. The number of hydrogen-bond donors (Lipinski definition) is 2. The molecular weight excluding hydrogens is 282 g/mol. The molecule has 0 spiro atoms. The monoisotopic (exact) mass is 301 g/mol. The van der Waals surface area contributed by atoms with E-state index in [0.717, 1.165) is 31.6 Å². The van der Waals surface area contributed by atoms with Crippen LogP contribution in [0.1, 0.15) is 31.4 Å². The van der Waals surface area contributed by atoms with E-state index >= 15 is 0 Å². The van der Waals surface area contributed by atoms with Gasteiger partial charge in [-0.1, -0.05) is 6.07 Å². The third-order valence-corrected chi connectivity index (χ3v) is 3.40. The lowest BCUT2D eigenvalue weighted by molar-refractivity contribution is -0.132. The van der Waals surface area contributed by atoms with Gasteiger partial charge in [0.05, 0.1) is 0 Å². The van der Waals surface area contributed by atoms with Gasteiger partial charge in [0.25, 0.3) is 0 Å². The number of nitrogens with two attached hydrogens (primary N) is 1. The van der Waals surface area contributed by atoms with E-state index in [4.69, 9.17) is 15.2 Å². The summed E-state index contributed by atoms with van der Waals surface area (Å²) in [6, 6.07) is 4.79. The minimum atomic E-state index is -0.461. The molecule has 1 heterocycles. The van der Waals surface area contributed by atoms with Crippen LogP contribution in [0.5, 0.6) is 11.5 Å². The summed E-state index contributed by atoms with van der Waals surface area (Å²) in [7, 11) is 0. The molecule has 1 aromatic rings. The Hall–Kier alpha value is -1.30. The molecule has 5 nitrogen and oxygen atoms in total. The Morgan fingerprint density at radius 3 is 2.65 bits per heavy atom. The first-order valence-electron chi connectivity index (χ1n) is 6.42. The predicted octanol–water partition coefficient (Wildman–Crippen LogP) is 2.17. The van der Waals surface area contributed by atoms with Crippen LogP contribution in [0.2, 0.25) is 0 Å². The number of halogens is 1. The molecule has 0 saturated carbocycles. The quantitative estimate of drug-likeness (QED) is 0.660. The molecule has 1 atom stereocenters. The van der Waals surface area contributed by atoms with Crippen molar-refractivity contribution in [3.05, 3.63) is 23.8 Å². The van der Waals surface area contributed by atoms with Gasteiger partial charge in [0, 0.05) is 26.2 Å². The van der Waals surface area contributed by atoms with Gasteiger partial charge in [-0.2, -0.15) is 0 Å². The van der Waals surface area contributed by atoms with Gasteiger partial charge in [-0.15, -0.1) is 12.4 Å². The summed E-state index contributed by atoms with van der Waals surface area (Å²) in [5.41, 5.74) is 7.06. The van der Waals surface area contributed by atoms with Crippen LogP contribution in [0.4, 0.5) is 0 Å². The van der Waals surface area contributed by atoms with E-state index in [9.17, 15) is 9.90 Å². The summed E-state index contributed by atoms with van der Waals surface area (Å²) in [5, 5.41) is 9.83. The van der Waals surface area contributed by atoms with Crippen molar-refractivity contribution in [2.45, 2.75) is 25.8 Å². The highest BCUT2D eigenvalue weighted by molar-refractivity contribution is 5.85. The van der Waals surface area contributed by atoms with Gasteiger partial charge in [0.1, 0.15) is 0 Å². The highest BCUT2D eigenvalue weighted by atomic mass is 35.5. The van der Waals surface area contributed by atoms with Crippen LogP contribution in [0.3, 0.4) is 0 Å². The normalized spacial score (nSPS) is 17.1. The molecule has 1 aliphatic heterocycles. The van der Waals surface area contributed by atoms with Crippen molar-refractivity contribution >= 4 is 18.4 Å². The molecule has 6 heteroatoms. The fourth-order valence-corrected chi connectivity index (χ4v) is 2.33. The van der Waals surface area contributed by atoms with Crippen molar-refractivity contribution in [1.29, 1.82) is 0 Å². The maximum atomic E-state index is 10.9. The maximum Gasteiger partial charge on any atom is 0.308 e. The smallest absolute Gasteiger partial charge is 0.308 e. The molecular formula is C14H20ClNO4. The van der Waals surface area contributed by atoms with Crippen molar-refractivity contribution in [3.8, 4) is 11.5 Å². The molecule has 1 aromatic carbocycles. The maximum absolute atomic E-state index is 10.9. The van der Waals surface area contributed by atoms with Crippen LogP contribution < -0.4 is 10.5 Å². The van der Waals surface area contributed by atoms with Gasteiger partial charge in [-0.3, -0.25) is 4.79 Å². The zero-order chi connectivity index (χ0) is 13.8. The van der Waals surface area contributed by atoms with Gasteiger partial charge in [-0.25, -0.2) is 0 Å². The number of aromatic hydroxyl groups is 1. The van der Waals surface area contributed by atoms with Crippen molar-refractivity contribution in [2.24, 2.45) is 11.7 Å². The SMILES string of the molecule is CC(=O)Oc1ccc([C@H](N)C2CCOCC2)cc1O.Cl. The first-order valence-corrected chi connectivity index (χ1v) is 6.42. The number of phenols is 1. The number of hydrogen-bond acceptors (Lipinski definition) is 5. The molecule has 112 valence electrons. The Bertz CT molecular complexity index is 460. The number of ether oxygens (including phenoxy) is 2. The lowest BCUT2D eigenvalue weighted by Gasteiger charge is -2.28. The van der Waals surface area contributed by atoms with E-state index < -0.39 is 5.97 Å². The largest absolute Gasteiger partial charge is 0.504 e. The Kier molecular flexibility index (Phi) is 6.26. The number of phenolic OH excluding ortho intramolecular Hbond substituents is 1. The van der Waals surface area contributed by atoms with Crippen LogP contribution in [-0.4, -0.2) is 24.3 Å². The second kappa shape index (κ2) is 7.47. The van der Waals surface area contributed by atoms with Crippen LogP contribution in [0.15, 0.2) is 18.2 Å². The number of benzene rings is 1. The zero-order valence-electron chi connectivity index (χ0n) is 11.4. The first-order chi connectivity index (χ1) is 9.08. The molecule has 0 aliphatic carbocycles. The molecule has 0 aromatic heterocycles. The second-order valence-corrected chi connectivity index (χ2v) is 4.80. The van der Waals surface area contributed by atoms with Crippen LogP contribution in [-0.2, 0) is 9.53 Å². The predicted molar refractivity (Wildman–Crippen MR) is 77.1 cm³/mol. The van der Waals surface area contributed by atoms with E-state index in [0.29, 0.717) is 5.92 Å². The molecule has 1 aliphatic rings. The molecule has 0 unspecified atom stereocenters. The molecule has 0 radical (unpaired) electrons. The third-order valence-electron chi connectivity index (χ3n) is 3.40. The molecule has 1 saturated heterocycles. The minimum Gasteiger partial charge on any atom is -0.504 e. The molecule has 0 bridgehead atoms. The van der Waals surface area contributed by atoms with E-state index in [-0.39, 0.29) is 29.9 Å². The fourth-order valence-electron chi connectivity index (χ4n) is 2.33. The summed E-state index contributed by atoms with van der Waals surface area (Å²) >= 11 is 0. The first kappa shape index (κ1) is 16.8. The Labute approximate surface area is 124 Å². The highest BCUT2D eigenvalue weighted by Gasteiger charge is 2.23. The van der Waals surface area contributed by atoms with Crippen molar-refractivity contribution < 1.29 is 19.4 Å². The van der Waals surface area contributed by atoms with Gasteiger partial charge < -0.3 is 20.3 Å². The Morgan fingerprint density at radius 1 is 1.45 bits per heavy atom. The van der Waals surface area contributed by atoms with Crippen LogP contribution in [0.25, 0.3) is 0 Å². The molecule has 2 rings (SSSR count). The summed E-state index contributed by atoms with van der Waals surface area (Å²) in [4.78, 5) is 10.9. The van der Waals surface area contributed by atoms with Gasteiger partial charge in [-0.05, 0) is 36.5 Å². The number of esters is 1. The third kappa shape index (κ3) is 4.10. The summed E-state index contributed by atoms with van der Waals surface area (Å²) in [6.07, 6.45) is 1.85. The van der Waals surface area contributed by atoms with Crippen molar-refractivity contribution in [1.82, 2.24) is 0 Å². The molecule has 3 N–H and O–H groups in total. The topological polar surface area (TPSA) is 81.8 Å². The van der Waals surface area contributed by atoms with E-state index in [2.05, 4.69) is 0 Å². The average Bonchev–Trinajstić information content (AvgIpc) is 2.41. The number of carbonyl (C=O) groups excluding carboxylic acids is 1. The van der Waals surface area contributed by atoms with Gasteiger partial charge >= 0.3 is 5.97 Å². The van der Waals surface area contributed by atoms with Crippen LogP contribution >= 0.6 is 12.4 Å². The Balaban J connectivity index is 0.00000200. The van der Waals surface area contributed by atoms with Crippen molar-refractivity contribution in [2.75, 3.05) is 13.2 Å². The lowest BCUT2D eigenvalue weighted by Crippen LogP contribution is -2.27. The lowest BCUT2D eigenvalue weighted by atomic mass is 9.88. The van der Waals surface area contributed by atoms with E-state index in [1.165, 1.54) is 6.92 Å². The standard InChI is InChI=1S/C14H19NO4.ClH/c1-9(16)19-13-3-2-11(8-12(13)17)14(15)10-4-6-18-7-5-10;/h2-3,8,10,14,17H,4-7,15H2,1H3;1H/t14-;/m1./s1. The summed E-state index contributed by atoms with van der Waals surface area (Å²) in [6.45, 7) is 2.76. The highest BCUT2D eigenvalue weighted by Crippen LogP contribution is 2.33. The summed E-state index contributed by atoms with van der Waals surface area (Å²) in [5.74, 6) is -0.00450. The average molecular weight is 302 g/mol. The number of carbonyl (C=O) groups is 1. The van der Waals surface area contributed by atoms with E-state index in [1.807, 2.05) is 0 Å². The van der Waals surface area contributed by atoms with Crippen LogP contribution in [0, 0.1) is 5.92 Å². The van der Waals surface area contributed by atoms with Gasteiger partial charge in [0.2, 0.25) is 0 Å². The van der Waals surface area contributed by atoms with Crippen molar-refractivity contribution in [3.63, 3.8) is 0 Å². The second-order valence-electron chi connectivity index (χ2n) is 4.80. The minimum absolute atomic E-state index is 0. The number of rotatable bonds is 3. The van der Waals surface area contributed by atoms with E-state index in [1.54, 1.807) is 18.2 Å². The zero-order valence-corrected chi connectivity index (χ0v) is 12.2. The van der Waals surface area contributed by atoms with Gasteiger partial charge in [0.15, 0.2) is 11.5 Å². The Morgan fingerprint density at radius 2 is 2.10 bits per heavy atom.